The molecule has 0 spiro atoms. The molecule has 1 unspecified atom stereocenters. The van der Waals surface area contributed by atoms with E-state index in [-0.39, 0.29) is 11.4 Å². The molecule has 0 aliphatic heterocycles. The second kappa shape index (κ2) is 9.41. The van der Waals surface area contributed by atoms with E-state index in [4.69, 9.17) is 11.6 Å². The molecular formula is C23H23ClN2O3S. The third-order valence-electron chi connectivity index (χ3n) is 4.84. The largest absolute Gasteiger partial charge is 0.350 e. The van der Waals surface area contributed by atoms with Crippen molar-refractivity contribution in [2.24, 2.45) is 0 Å². The molecule has 1 amide bonds. The number of nitrogens with one attached hydrogen (secondary N) is 1. The van der Waals surface area contributed by atoms with Gasteiger partial charge in [-0.05, 0) is 53.4 Å². The van der Waals surface area contributed by atoms with Crippen molar-refractivity contribution in [1.82, 2.24) is 10.3 Å². The van der Waals surface area contributed by atoms with Gasteiger partial charge in [-0.3, -0.25) is 9.78 Å². The summed E-state index contributed by atoms with van der Waals surface area (Å²) >= 11 is 5.95. The first kappa shape index (κ1) is 22.0. The van der Waals surface area contributed by atoms with Crippen molar-refractivity contribution in [1.29, 1.82) is 0 Å². The fourth-order valence-corrected chi connectivity index (χ4v) is 4.93. The summed E-state index contributed by atoms with van der Waals surface area (Å²) in [4.78, 5) is 16.8. The number of hydrogen-bond donors (Lipinski definition) is 1. The Morgan fingerprint density at radius 1 is 1.03 bits per heavy atom. The highest BCUT2D eigenvalue weighted by atomic mass is 35.5. The first-order valence-electron chi connectivity index (χ1n) is 9.56. The monoisotopic (exact) mass is 442 g/mol. The standard InChI is InChI=1S/C23H23ClN2O3S/c1-16(2)17-8-10-21(11-9-17)30(28,29)22(19-6-4-12-25-14-19)15-26-23(27)18-5-3-7-20(24)13-18/h3-14,16,22H,15H2,1-2H3,(H,26,27). The number of aromatic nitrogens is 1. The van der Waals surface area contributed by atoms with Gasteiger partial charge < -0.3 is 5.32 Å². The van der Waals surface area contributed by atoms with Crippen LogP contribution in [-0.4, -0.2) is 25.9 Å². The fraction of sp³-hybridized carbons (Fsp3) is 0.217. The maximum absolute atomic E-state index is 13.4. The number of nitrogens with zero attached hydrogens (tertiary/aromatic N) is 1. The van der Waals surface area contributed by atoms with E-state index in [0.717, 1.165) is 5.56 Å². The van der Waals surface area contributed by atoms with E-state index >= 15 is 0 Å². The number of halogens is 1. The number of hydrogen-bond acceptors (Lipinski definition) is 4. The lowest BCUT2D eigenvalue weighted by atomic mass is 10.0. The van der Waals surface area contributed by atoms with Crippen molar-refractivity contribution in [3.05, 3.63) is 94.8 Å². The van der Waals surface area contributed by atoms with Gasteiger partial charge in [-0.1, -0.05) is 49.7 Å². The van der Waals surface area contributed by atoms with Gasteiger partial charge in [0.05, 0.1) is 4.90 Å². The molecule has 0 fully saturated rings. The number of carbonyl (C=O) groups excluding carboxylic acids is 1. The molecule has 5 nitrogen and oxygen atoms in total. The Kier molecular flexibility index (Phi) is 6.90. The van der Waals surface area contributed by atoms with E-state index in [2.05, 4.69) is 10.3 Å². The lowest BCUT2D eigenvalue weighted by Gasteiger charge is -2.19. The van der Waals surface area contributed by atoms with Crippen LogP contribution in [0.2, 0.25) is 5.02 Å². The summed E-state index contributed by atoms with van der Waals surface area (Å²) in [6.07, 6.45) is 3.09. The van der Waals surface area contributed by atoms with E-state index < -0.39 is 21.0 Å². The highest BCUT2D eigenvalue weighted by Crippen LogP contribution is 2.29. The number of carbonyl (C=O) groups is 1. The van der Waals surface area contributed by atoms with Gasteiger partial charge in [0.1, 0.15) is 5.25 Å². The Balaban J connectivity index is 1.90. The topological polar surface area (TPSA) is 76.1 Å². The zero-order chi connectivity index (χ0) is 21.7. The summed E-state index contributed by atoms with van der Waals surface area (Å²) in [5.41, 5.74) is 1.93. The zero-order valence-electron chi connectivity index (χ0n) is 16.7. The smallest absolute Gasteiger partial charge is 0.251 e. The molecule has 1 N–H and O–H groups in total. The normalized spacial score (nSPS) is 12.5. The van der Waals surface area contributed by atoms with Crippen molar-refractivity contribution in [2.45, 2.75) is 29.9 Å². The van der Waals surface area contributed by atoms with Gasteiger partial charge in [-0.25, -0.2) is 8.42 Å². The van der Waals surface area contributed by atoms with Crippen molar-refractivity contribution in [3.8, 4) is 0 Å². The number of pyridine rings is 1. The van der Waals surface area contributed by atoms with Crippen LogP contribution in [0.5, 0.6) is 0 Å². The Morgan fingerprint density at radius 2 is 1.77 bits per heavy atom. The highest BCUT2D eigenvalue weighted by Gasteiger charge is 2.30. The SMILES string of the molecule is CC(C)c1ccc(S(=O)(=O)C(CNC(=O)c2cccc(Cl)c2)c2cccnc2)cc1. The molecule has 0 aliphatic rings. The highest BCUT2D eigenvalue weighted by molar-refractivity contribution is 7.91. The Morgan fingerprint density at radius 3 is 2.37 bits per heavy atom. The molecule has 1 aromatic heterocycles. The van der Waals surface area contributed by atoms with Gasteiger partial charge in [0.25, 0.3) is 5.91 Å². The van der Waals surface area contributed by atoms with Crippen LogP contribution in [0.3, 0.4) is 0 Å². The third-order valence-corrected chi connectivity index (χ3v) is 7.19. The summed E-state index contributed by atoms with van der Waals surface area (Å²) in [6, 6.07) is 16.8. The summed E-state index contributed by atoms with van der Waals surface area (Å²) in [5, 5.41) is 2.19. The van der Waals surface area contributed by atoms with Crippen molar-refractivity contribution in [3.63, 3.8) is 0 Å². The van der Waals surface area contributed by atoms with Crippen molar-refractivity contribution in [2.75, 3.05) is 6.54 Å². The predicted molar refractivity (Wildman–Crippen MR) is 118 cm³/mol. The fourth-order valence-electron chi connectivity index (χ4n) is 3.10. The first-order valence-corrected chi connectivity index (χ1v) is 11.5. The van der Waals surface area contributed by atoms with Gasteiger partial charge in [-0.15, -0.1) is 0 Å². The van der Waals surface area contributed by atoms with Crippen molar-refractivity contribution < 1.29 is 13.2 Å². The minimum Gasteiger partial charge on any atom is -0.350 e. The summed E-state index contributed by atoms with van der Waals surface area (Å²) in [7, 11) is -3.76. The van der Waals surface area contributed by atoms with E-state index in [1.54, 1.807) is 48.7 Å². The van der Waals surface area contributed by atoms with Gasteiger partial charge in [0, 0.05) is 29.5 Å². The first-order chi connectivity index (χ1) is 14.3. The molecule has 0 radical (unpaired) electrons. The number of benzene rings is 2. The van der Waals surface area contributed by atoms with Gasteiger partial charge in [0.2, 0.25) is 0 Å². The quantitative estimate of drug-likeness (QED) is 0.570. The molecule has 156 valence electrons. The number of amides is 1. The maximum Gasteiger partial charge on any atom is 0.251 e. The molecule has 3 aromatic rings. The maximum atomic E-state index is 13.4. The van der Waals surface area contributed by atoms with Crippen LogP contribution in [0.25, 0.3) is 0 Å². The summed E-state index contributed by atoms with van der Waals surface area (Å²) < 4.78 is 26.8. The molecule has 30 heavy (non-hydrogen) atoms. The average Bonchev–Trinajstić information content (AvgIpc) is 2.74. The second-order valence-corrected chi connectivity index (χ2v) is 9.83. The van der Waals surface area contributed by atoms with E-state index in [1.807, 2.05) is 26.0 Å². The second-order valence-electron chi connectivity index (χ2n) is 7.26. The Bertz CT molecular complexity index is 1110. The minimum atomic E-state index is -3.76. The van der Waals surface area contributed by atoms with Gasteiger partial charge >= 0.3 is 0 Å². The lowest BCUT2D eigenvalue weighted by molar-refractivity contribution is 0.0953. The van der Waals surface area contributed by atoms with Gasteiger partial charge in [-0.2, -0.15) is 0 Å². The molecule has 0 saturated carbocycles. The molecule has 2 aromatic carbocycles. The molecule has 3 rings (SSSR count). The van der Waals surface area contributed by atoms with E-state index in [0.29, 0.717) is 22.1 Å². The van der Waals surface area contributed by atoms with Crippen LogP contribution >= 0.6 is 11.6 Å². The van der Waals surface area contributed by atoms with Crippen LogP contribution in [0, 0.1) is 0 Å². The Hall–Kier alpha value is -2.70. The summed E-state index contributed by atoms with van der Waals surface area (Å²) in [6.45, 7) is 4.01. The Labute approximate surface area is 182 Å². The van der Waals surface area contributed by atoms with Crippen LogP contribution in [0.15, 0.2) is 78.0 Å². The molecule has 1 atom stereocenters. The molecule has 0 saturated heterocycles. The van der Waals surface area contributed by atoms with Crippen LogP contribution < -0.4 is 5.32 Å². The lowest BCUT2D eigenvalue weighted by Crippen LogP contribution is -2.32. The van der Waals surface area contributed by atoms with Crippen LogP contribution in [0.1, 0.15) is 46.5 Å². The minimum absolute atomic E-state index is 0.0920. The zero-order valence-corrected chi connectivity index (χ0v) is 18.3. The molecule has 0 aliphatic carbocycles. The molecular weight excluding hydrogens is 420 g/mol. The molecule has 7 heteroatoms. The number of sulfone groups is 1. The van der Waals surface area contributed by atoms with E-state index in [1.165, 1.54) is 12.3 Å². The number of rotatable bonds is 7. The molecule has 0 bridgehead atoms. The third kappa shape index (κ3) is 5.07. The van der Waals surface area contributed by atoms with Gasteiger partial charge in [0.15, 0.2) is 9.84 Å². The van der Waals surface area contributed by atoms with Crippen LogP contribution in [0.4, 0.5) is 0 Å². The average molecular weight is 443 g/mol. The summed E-state index contributed by atoms with van der Waals surface area (Å²) in [5.74, 6) is -0.0930. The molecule has 1 heterocycles. The van der Waals surface area contributed by atoms with E-state index in [9.17, 15) is 13.2 Å². The predicted octanol–water partition coefficient (Wildman–Crippen LogP) is 4.80. The van der Waals surface area contributed by atoms with Crippen molar-refractivity contribution >= 4 is 27.3 Å². The van der Waals surface area contributed by atoms with Crippen LogP contribution in [-0.2, 0) is 9.84 Å².